The van der Waals surface area contributed by atoms with Gasteiger partial charge in [-0.05, 0) is 44.5 Å². The summed E-state index contributed by atoms with van der Waals surface area (Å²) < 4.78 is 32.1. The molecular formula is C24H31ClN2O5S. The van der Waals surface area contributed by atoms with E-state index in [-0.39, 0.29) is 21.4 Å². The number of carbonyl (C=O) groups is 2. The summed E-state index contributed by atoms with van der Waals surface area (Å²) in [4.78, 5) is 27.2. The van der Waals surface area contributed by atoms with E-state index in [2.05, 4.69) is 0 Å². The van der Waals surface area contributed by atoms with Crippen LogP contribution in [-0.4, -0.2) is 54.7 Å². The van der Waals surface area contributed by atoms with E-state index in [4.69, 9.17) is 16.3 Å². The summed E-state index contributed by atoms with van der Waals surface area (Å²) in [6.07, 6.45) is 0. The molecule has 0 saturated carbocycles. The van der Waals surface area contributed by atoms with Gasteiger partial charge in [-0.1, -0.05) is 55.8 Å². The number of sulfonamides is 1. The lowest BCUT2D eigenvalue weighted by molar-refractivity contribution is -0.140. The van der Waals surface area contributed by atoms with Gasteiger partial charge in [0.25, 0.3) is 5.91 Å². The number of hydrogen-bond acceptors (Lipinski definition) is 5. The number of ether oxygens (including phenoxy) is 1. The summed E-state index contributed by atoms with van der Waals surface area (Å²) in [5.41, 5.74) is 0.335. The van der Waals surface area contributed by atoms with E-state index in [1.165, 1.54) is 22.5 Å². The third-order valence-electron chi connectivity index (χ3n) is 5.12. The summed E-state index contributed by atoms with van der Waals surface area (Å²) in [6.45, 7) is 9.60. The van der Waals surface area contributed by atoms with Crippen LogP contribution in [0.15, 0.2) is 53.4 Å². The molecule has 7 nitrogen and oxygen atoms in total. The highest BCUT2D eigenvalue weighted by Crippen LogP contribution is 2.24. The van der Waals surface area contributed by atoms with Gasteiger partial charge >= 0.3 is 5.97 Å². The monoisotopic (exact) mass is 494 g/mol. The van der Waals surface area contributed by atoms with Crippen molar-refractivity contribution >= 4 is 33.5 Å². The first-order chi connectivity index (χ1) is 15.4. The maximum absolute atomic E-state index is 12.9. The largest absolute Gasteiger partial charge is 0.452 e. The van der Waals surface area contributed by atoms with Gasteiger partial charge in [-0.2, -0.15) is 4.31 Å². The highest BCUT2D eigenvalue weighted by molar-refractivity contribution is 7.89. The first-order valence-corrected chi connectivity index (χ1v) is 12.5. The van der Waals surface area contributed by atoms with Gasteiger partial charge in [-0.15, -0.1) is 0 Å². The molecular weight excluding hydrogens is 464 g/mol. The Morgan fingerprint density at radius 2 is 1.61 bits per heavy atom. The second kappa shape index (κ2) is 11.1. The summed E-state index contributed by atoms with van der Waals surface area (Å²) in [5.74, 6) is -1.23. The summed E-state index contributed by atoms with van der Waals surface area (Å²) in [5, 5.41) is 0.0444. The highest BCUT2D eigenvalue weighted by atomic mass is 35.5. The number of esters is 1. The van der Waals surface area contributed by atoms with E-state index in [1.54, 1.807) is 18.7 Å². The van der Waals surface area contributed by atoms with Crippen LogP contribution >= 0.6 is 11.6 Å². The van der Waals surface area contributed by atoms with Crippen LogP contribution in [0.5, 0.6) is 0 Å². The van der Waals surface area contributed by atoms with Crippen molar-refractivity contribution < 1.29 is 22.7 Å². The molecule has 0 bridgehead atoms. The first kappa shape index (κ1) is 26.8. The molecule has 2 rings (SSSR count). The number of halogens is 1. The molecule has 1 amide bonds. The second-order valence-electron chi connectivity index (χ2n) is 8.44. The molecule has 0 spiro atoms. The maximum atomic E-state index is 12.9. The Balaban J connectivity index is 2.19. The number of rotatable bonds is 9. The van der Waals surface area contributed by atoms with E-state index in [9.17, 15) is 18.0 Å². The standard InChI is InChI=1S/C24H31ClN2O5S/c1-6-26(7-2)33(30,31)19-13-14-21(25)20(15-19)23(29)32-17-22(28)27(24(3,4)5)16-18-11-9-8-10-12-18/h8-15H,6-7,16-17H2,1-5H3. The van der Waals surface area contributed by atoms with Crippen LogP contribution in [0.4, 0.5) is 0 Å². The molecule has 0 radical (unpaired) electrons. The number of carbonyl (C=O) groups excluding carboxylic acids is 2. The van der Waals surface area contributed by atoms with Crippen LogP contribution in [0.25, 0.3) is 0 Å². The highest BCUT2D eigenvalue weighted by Gasteiger charge is 2.28. The van der Waals surface area contributed by atoms with Gasteiger partial charge < -0.3 is 9.64 Å². The molecule has 0 aliphatic heterocycles. The van der Waals surface area contributed by atoms with Crippen molar-refractivity contribution in [1.82, 2.24) is 9.21 Å². The summed E-state index contributed by atoms with van der Waals surface area (Å²) in [7, 11) is -3.78. The third kappa shape index (κ3) is 6.79. The number of benzene rings is 2. The zero-order valence-electron chi connectivity index (χ0n) is 19.7. The van der Waals surface area contributed by atoms with Gasteiger partial charge in [0.2, 0.25) is 10.0 Å². The van der Waals surface area contributed by atoms with Crippen LogP contribution in [0.2, 0.25) is 5.02 Å². The van der Waals surface area contributed by atoms with Crippen LogP contribution in [-0.2, 0) is 26.1 Å². The fourth-order valence-corrected chi connectivity index (χ4v) is 4.96. The van der Waals surface area contributed by atoms with Gasteiger partial charge in [0, 0.05) is 25.2 Å². The van der Waals surface area contributed by atoms with Crippen molar-refractivity contribution in [3.63, 3.8) is 0 Å². The van der Waals surface area contributed by atoms with E-state index < -0.39 is 28.1 Å². The normalized spacial score (nSPS) is 12.0. The maximum Gasteiger partial charge on any atom is 0.340 e. The lowest BCUT2D eigenvalue weighted by Crippen LogP contribution is -2.46. The molecule has 9 heteroatoms. The van der Waals surface area contributed by atoms with Gasteiger partial charge in [0.15, 0.2) is 6.61 Å². The van der Waals surface area contributed by atoms with Gasteiger partial charge in [0.05, 0.1) is 15.5 Å². The zero-order chi connectivity index (χ0) is 24.8. The van der Waals surface area contributed by atoms with Crippen LogP contribution in [0.1, 0.15) is 50.5 Å². The lowest BCUT2D eigenvalue weighted by atomic mass is 10.0. The summed E-state index contributed by atoms with van der Waals surface area (Å²) >= 11 is 6.14. The van der Waals surface area contributed by atoms with Crippen LogP contribution < -0.4 is 0 Å². The Bertz CT molecular complexity index is 1080. The molecule has 0 aliphatic carbocycles. The molecule has 0 aliphatic rings. The molecule has 0 N–H and O–H groups in total. The van der Waals surface area contributed by atoms with Crippen LogP contribution in [0.3, 0.4) is 0 Å². The minimum Gasteiger partial charge on any atom is -0.452 e. The van der Waals surface area contributed by atoms with Gasteiger partial charge in [-0.3, -0.25) is 4.79 Å². The van der Waals surface area contributed by atoms with Crippen molar-refractivity contribution in [3.05, 3.63) is 64.7 Å². The van der Waals surface area contributed by atoms with E-state index in [0.29, 0.717) is 19.6 Å². The Kier molecular flexibility index (Phi) is 9.05. The van der Waals surface area contributed by atoms with Gasteiger partial charge in [-0.25, -0.2) is 13.2 Å². The quantitative estimate of drug-likeness (QED) is 0.484. The minimum atomic E-state index is -3.78. The molecule has 0 atom stereocenters. The molecule has 0 unspecified atom stereocenters. The summed E-state index contributed by atoms with van der Waals surface area (Å²) in [6, 6.07) is 13.4. The van der Waals surface area contributed by atoms with E-state index >= 15 is 0 Å². The Hall–Kier alpha value is -2.42. The average molecular weight is 495 g/mol. The SMILES string of the molecule is CCN(CC)S(=O)(=O)c1ccc(Cl)c(C(=O)OCC(=O)N(Cc2ccccc2)C(C)(C)C)c1. The molecule has 0 heterocycles. The molecule has 2 aromatic carbocycles. The smallest absolute Gasteiger partial charge is 0.340 e. The topological polar surface area (TPSA) is 84.0 Å². The number of nitrogens with zero attached hydrogens (tertiary/aromatic N) is 2. The lowest BCUT2D eigenvalue weighted by Gasteiger charge is -2.35. The minimum absolute atomic E-state index is 0.0444. The zero-order valence-corrected chi connectivity index (χ0v) is 21.2. The number of hydrogen-bond donors (Lipinski definition) is 0. The molecule has 2 aromatic rings. The molecule has 33 heavy (non-hydrogen) atoms. The fourth-order valence-electron chi connectivity index (χ4n) is 3.28. The van der Waals surface area contributed by atoms with Crippen molar-refractivity contribution in [2.45, 2.75) is 51.6 Å². The molecule has 180 valence electrons. The van der Waals surface area contributed by atoms with Crippen LogP contribution in [0, 0.1) is 0 Å². The predicted molar refractivity (Wildman–Crippen MR) is 129 cm³/mol. The van der Waals surface area contributed by atoms with Crippen molar-refractivity contribution in [1.29, 1.82) is 0 Å². The molecule has 0 aromatic heterocycles. The molecule has 0 fully saturated rings. The predicted octanol–water partition coefficient (Wildman–Crippen LogP) is 4.35. The average Bonchev–Trinajstić information content (AvgIpc) is 2.76. The van der Waals surface area contributed by atoms with E-state index in [1.807, 2.05) is 51.1 Å². The first-order valence-electron chi connectivity index (χ1n) is 10.7. The van der Waals surface area contributed by atoms with Crippen molar-refractivity contribution in [3.8, 4) is 0 Å². The number of amides is 1. The second-order valence-corrected chi connectivity index (χ2v) is 10.8. The van der Waals surface area contributed by atoms with E-state index in [0.717, 1.165) is 5.56 Å². The third-order valence-corrected chi connectivity index (χ3v) is 7.50. The Morgan fingerprint density at radius 3 is 2.15 bits per heavy atom. The Labute approximate surface area is 201 Å². The molecule has 0 saturated heterocycles. The fraction of sp³-hybridized carbons (Fsp3) is 0.417. The Morgan fingerprint density at radius 1 is 1.00 bits per heavy atom. The van der Waals surface area contributed by atoms with Crippen molar-refractivity contribution in [2.75, 3.05) is 19.7 Å². The van der Waals surface area contributed by atoms with Crippen molar-refractivity contribution in [2.24, 2.45) is 0 Å². The van der Waals surface area contributed by atoms with Gasteiger partial charge in [0.1, 0.15) is 0 Å².